The zero-order valence-corrected chi connectivity index (χ0v) is 16.6. The second kappa shape index (κ2) is 7.48. The summed E-state index contributed by atoms with van der Waals surface area (Å²) in [6.45, 7) is 4.27. The summed E-state index contributed by atoms with van der Waals surface area (Å²) < 4.78 is 40.9. The lowest BCUT2D eigenvalue weighted by Crippen LogP contribution is -2.38. The molecule has 0 unspecified atom stereocenters. The Labute approximate surface area is 163 Å². The minimum atomic E-state index is -3.94. The molecule has 0 radical (unpaired) electrons. The third-order valence-corrected chi connectivity index (χ3v) is 6.09. The molecular formula is C19H20ClFN2O3S. The number of hydrogen-bond donors (Lipinski definition) is 1. The molecule has 0 saturated heterocycles. The molecule has 5 nitrogen and oxygen atoms in total. The van der Waals surface area contributed by atoms with Gasteiger partial charge < -0.3 is 4.90 Å². The normalized spacial score (nSPS) is 14.2. The van der Waals surface area contributed by atoms with E-state index in [0.717, 1.165) is 42.3 Å². The highest BCUT2D eigenvalue weighted by atomic mass is 35.5. The van der Waals surface area contributed by atoms with Gasteiger partial charge in [0.05, 0.1) is 15.6 Å². The number of carbonyl (C=O) groups is 1. The van der Waals surface area contributed by atoms with E-state index >= 15 is 0 Å². The van der Waals surface area contributed by atoms with E-state index in [0.29, 0.717) is 12.2 Å². The van der Waals surface area contributed by atoms with E-state index in [1.165, 1.54) is 0 Å². The van der Waals surface area contributed by atoms with Crippen molar-refractivity contribution in [2.75, 3.05) is 16.2 Å². The molecule has 144 valence electrons. The van der Waals surface area contributed by atoms with E-state index in [1.807, 2.05) is 19.9 Å². The van der Waals surface area contributed by atoms with Gasteiger partial charge in [0.1, 0.15) is 5.82 Å². The summed E-state index contributed by atoms with van der Waals surface area (Å²) in [5.41, 5.74) is 2.05. The van der Waals surface area contributed by atoms with Crippen molar-refractivity contribution in [3.8, 4) is 0 Å². The van der Waals surface area contributed by atoms with Crippen LogP contribution in [0.5, 0.6) is 0 Å². The van der Waals surface area contributed by atoms with Gasteiger partial charge in [0, 0.05) is 18.2 Å². The molecule has 0 aliphatic carbocycles. The molecule has 0 saturated carbocycles. The summed E-state index contributed by atoms with van der Waals surface area (Å²) in [6.07, 6.45) is 1.70. The van der Waals surface area contributed by atoms with Crippen LogP contribution in [0.1, 0.15) is 25.8 Å². The van der Waals surface area contributed by atoms with Crippen LogP contribution in [0.15, 0.2) is 41.3 Å². The summed E-state index contributed by atoms with van der Waals surface area (Å²) in [4.78, 5) is 14.1. The lowest BCUT2D eigenvalue weighted by atomic mass is 9.99. The van der Waals surface area contributed by atoms with Crippen molar-refractivity contribution in [3.05, 3.63) is 52.8 Å². The average molecular weight is 411 g/mol. The number of rotatable bonds is 4. The Hall–Kier alpha value is -2.12. The maximum Gasteiger partial charge on any atom is 0.261 e. The van der Waals surface area contributed by atoms with Crippen molar-refractivity contribution < 1.29 is 17.6 Å². The number of fused-ring (bicyclic) bond motifs is 1. The average Bonchev–Trinajstić information content (AvgIpc) is 2.62. The number of nitrogens with zero attached hydrogens (tertiary/aromatic N) is 1. The minimum absolute atomic E-state index is 0.00118. The second-order valence-electron chi connectivity index (χ2n) is 6.77. The first kappa shape index (κ1) is 19.6. The molecule has 8 heteroatoms. The zero-order chi connectivity index (χ0) is 19.8. The number of carbonyl (C=O) groups excluding carboxylic acids is 1. The molecule has 0 bridgehead atoms. The Balaban J connectivity index is 1.93. The van der Waals surface area contributed by atoms with Gasteiger partial charge in [0.25, 0.3) is 10.0 Å². The number of sulfonamides is 1. The van der Waals surface area contributed by atoms with Crippen molar-refractivity contribution in [2.24, 2.45) is 5.92 Å². The first-order chi connectivity index (χ1) is 12.7. The van der Waals surface area contributed by atoms with Crippen LogP contribution in [-0.4, -0.2) is 20.9 Å². The molecule has 1 heterocycles. The highest BCUT2D eigenvalue weighted by molar-refractivity contribution is 7.92. The molecule has 1 aliphatic rings. The van der Waals surface area contributed by atoms with Gasteiger partial charge in [0.2, 0.25) is 5.91 Å². The highest BCUT2D eigenvalue weighted by Crippen LogP contribution is 2.32. The monoisotopic (exact) mass is 410 g/mol. The molecule has 1 aliphatic heterocycles. The third kappa shape index (κ3) is 4.09. The van der Waals surface area contributed by atoms with E-state index in [1.54, 1.807) is 17.0 Å². The molecule has 3 rings (SSSR count). The molecular weight excluding hydrogens is 391 g/mol. The number of nitrogens with one attached hydrogen (secondary N) is 1. The van der Waals surface area contributed by atoms with Gasteiger partial charge in [0.15, 0.2) is 0 Å². The quantitative estimate of drug-likeness (QED) is 0.820. The van der Waals surface area contributed by atoms with E-state index in [9.17, 15) is 17.6 Å². The summed E-state index contributed by atoms with van der Waals surface area (Å²) in [6, 6.07) is 8.36. The Kier molecular flexibility index (Phi) is 5.44. The Morgan fingerprint density at radius 3 is 2.63 bits per heavy atom. The molecule has 2 aromatic carbocycles. The number of aryl methyl sites for hydroxylation is 1. The summed E-state index contributed by atoms with van der Waals surface area (Å²) in [7, 11) is -3.94. The lowest BCUT2D eigenvalue weighted by Gasteiger charge is -2.31. The first-order valence-corrected chi connectivity index (χ1v) is 10.5. The van der Waals surface area contributed by atoms with Crippen molar-refractivity contribution in [1.82, 2.24) is 0 Å². The maximum atomic E-state index is 13.3. The van der Waals surface area contributed by atoms with Crippen LogP contribution in [0.25, 0.3) is 0 Å². The summed E-state index contributed by atoms with van der Waals surface area (Å²) in [5.74, 6) is -0.842. The van der Waals surface area contributed by atoms with Gasteiger partial charge in [-0.2, -0.15) is 0 Å². The van der Waals surface area contributed by atoms with Crippen molar-refractivity contribution in [3.63, 3.8) is 0 Å². The fourth-order valence-corrected chi connectivity index (χ4v) is 4.36. The van der Waals surface area contributed by atoms with Gasteiger partial charge in [-0.1, -0.05) is 31.5 Å². The fraction of sp³-hybridized carbons (Fsp3) is 0.316. The molecule has 0 spiro atoms. The molecule has 1 N–H and O–H groups in total. The van der Waals surface area contributed by atoms with E-state index < -0.39 is 15.8 Å². The Bertz CT molecular complexity index is 992. The SMILES string of the molecule is CC(C)C(=O)N1CCCc2ccc(NS(=O)(=O)c3ccc(F)c(Cl)c3)cc21. The highest BCUT2D eigenvalue weighted by Gasteiger charge is 2.25. The third-order valence-electron chi connectivity index (χ3n) is 4.42. The molecule has 0 atom stereocenters. The lowest BCUT2D eigenvalue weighted by molar-refractivity contribution is -0.121. The zero-order valence-electron chi connectivity index (χ0n) is 15.0. The predicted molar refractivity (Wildman–Crippen MR) is 104 cm³/mol. The fourth-order valence-electron chi connectivity index (χ4n) is 3.04. The van der Waals surface area contributed by atoms with Crippen LogP contribution in [-0.2, 0) is 21.2 Å². The van der Waals surface area contributed by atoms with Gasteiger partial charge in [-0.15, -0.1) is 0 Å². The van der Waals surface area contributed by atoms with Crippen molar-refractivity contribution in [2.45, 2.75) is 31.6 Å². The van der Waals surface area contributed by atoms with E-state index in [-0.39, 0.29) is 21.7 Å². The van der Waals surface area contributed by atoms with Crippen LogP contribution in [0, 0.1) is 11.7 Å². The number of hydrogen-bond acceptors (Lipinski definition) is 3. The maximum absolute atomic E-state index is 13.3. The van der Waals surface area contributed by atoms with Crippen LogP contribution < -0.4 is 9.62 Å². The molecule has 0 fully saturated rings. The van der Waals surface area contributed by atoms with Crippen LogP contribution in [0.2, 0.25) is 5.02 Å². The van der Waals surface area contributed by atoms with Crippen LogP contribution in [0.4, 0.5) is 15.8 Å². The largest absolute Gasteiger partial charge is 0.312 e. The van der Waals surface area contributed by atoms with Gasteiger partial charge in [-0.05, 0) is 48.7 Å². The molecule has 27 heavy (non-hydrogen) atoms. The van der Waals surface area contributed by atoms with Crippen LogP contribution >= 0.6 is 11.6 Å². The standard InChI is InChI=1S/C19H20ClFN2O3S/c1-12(2)19(24)23-9-3-4-13-5-6-14(10-18(13)23)22-27(25,26)15-7-8-17(21)16(20)11-15/h5-8,10-12,22H,3-4,9H2,1-2H3. The number of benzene rings is 2. The van der Waals surface area contributed by atoms with E-state index in [2.05, 4.69) is 4.72 Å². The summed E-state index contributed by atoms with van der Waals surface area (Å²) in [5, 5.41) is -0.267. The van der Waals surface area contributed by atoms with Crippen LogP contribution in [0.3, 0.4) is 0 Å². The Morgan fingerprint density at radius 2 is 1.96 bits per heavy atom. The van der Waals surface area contributed by atoms with Crippen molar-refractivity contribution in [1.29, 1.82) is 0 Å². The van der Waals surface area contributed by atoms with E-state index in [4.69, 9.17) is 11.6 Å². The molecule has 0 aromatic heterocycles. The van der Waals surface area contributed by atoms with Crippen molar-refractivity contribution >= 4 is 38.9 Å². The minimum Gasteiger partial charge on any atom is -0.312 e. The summed E-state index contributed by atoms with van der Waals surface area (Å²) >= 11 is 5.69. The smallest absolute Gasteiger partial charge is 0.261 e. The number of halogens is 2. The van der Waals surface area contributed by atoms with Gasteiger partial charge in [-0.3, -0.25) is 9.52 Å². The second-order valence-corrected chi connectivity index (χ2v) is 8.86. The number of amides is 1. The Morgan fingerprint density at radius 1 is 1.22 bits per heavy atom. The number of anilines is 2. The topological polar surface area (TPSA) is 66.5 Å². The predicted octanol–water partition coefficient (Wildman–Crippen LogP) is 4.22. The first-order valence-electron chi connectivity index (χ1n) is 8.61. The molecule has 1 amide bonds. The van der Waals surface area contributed by atoms with Gasteiger partial charge in [-0.25, -0.2) is 12.8 Å². The molecule has 2 aromatic rings. The van der Waals surface area contributed by atoms with Gasteiger partial charge >= 0.3 is 0 Å².